The summed E-state index contributed by atoms with van der Waals surface area (Å²) in [6.07, 6.45) is 4.73. The summed E-state index contributed by atoms with van der Waals surface area (Å²) in [6, 6.07) is 8.36. The van der Waals surface area contributed by atoms with Gasteiger partial charge in [0.2, 0.25) is 0 Å². The molecule has 4 aliphatic heterocycles. The van der Waals surface area contributed by atoms with Gasteiger partial charge in [0, 0.05) is 61.6 Å². The van der Waals surface area contributed by atoms with Crippen LogP contribution in [-0.4, -0.2) is 93.6 Å². The quantitative estimate of drug-likeness (QED) is 0.251. The Balaban J connectivity index is 0.000000169. The SMILES string of the molecule is COC(=O)c1ccc2c(n1)N(C(=O)Nc1cc(Br)cn(C)c1=O)[C@H]1CCN2C1.Cn1cc(Br)cc(NC(=O)N2c3nc(C(=O)O)ccc3N3CC[C@H]2C3)c1=O. The van der Waals surface area contributed by atoms with Gasteiger partial charge in [-0.15, -0.1) is 0 Å². The fourth-order valence-electron chi connectivity index (χ4n) is 7.15. The predicted octanol–water partition coefficient (Wildman–Crippen LogP) is 3.83. The number of esters is 1. The normalized spacial score (nSPS) is 17.5. The number of aromatic nitrogens is 4. The van der Waals surface area contributed by atoms with E-state index >= 15 is 0 Å². The summed E-state index contributed by atoms with van der Waals surface area (Å²) in [5.74, 6) is -1.04. The number of halogens is 2. The third kappa shape index (κ3) is 7.13. The van der Waals surface area contributed by atoms with Crippen molar-refractivity contribution in [2.45, 2.75) is 24.9 Å². The number of methoxy groups -OCH3 is 1. The second kappa shape index (κ2) is 14.8. The smallest absolute Gasteiger partial charge is 0.356 e. The van der Waals surface area contributed by atoms with E-state index in [2.05, 4.69) is 62.3 Å². The van der Waals surface area contributed by atoms with E-state index in [9.17, 15) is 33.9 Å². The average molecular weight is 883 g/mol. The molecule has 4 aromatic rings. The summed E-state index contributed by atoms with van der Waals surface area (Å²) < 4.78 is 8.81. The third-order valence-electron chi connectivity index (χ3n) is 9.74. The molecule has 0 unspecified atom stereocenters. The molecule has 0 spiro atoms. The highest BCUT2D eigenvalue weighted by molar-refractivity contribution is 9.10. The van der Waals surface area contributed by atoms with Gasteiger partial charge in [-0.2, -0.15) is 0 Å². The number of carbonyl (C=O) groups is 4. The number of carbonyl (C=O) groups excluding carboxylic acids is 3. The summed E-state index contributed by atoms with van der Waals surface area (Å²) in [5, 5.41) is 14.6. The van der Waals surface area contributed by atoms with Crippen molar-refractivity contribution in [1.29, 1.82) is 0 Å². The van der Waals surface area contributed by atoms with E-state index in [1.807, 2.05) is 0 Å². The zero-order valence-electron chi connectivity index (χ0n) is 29.7. The van der Waals surface area contributed by atoms with Crippen LogP contribution in [0.5, 0.6) is 0 Å². The summed E-state index contributed by atoms with van der Waals surface area (Å²) in [5.41, 5.74) is 1.11. The number of hydrogen-bond acceptors (Lipinski definition) is 11. The van der Waals surface area contributed by atoms with Gasteiger partial charge in [-0.1, -0.05) is 0 Å². The zero-order valence-corrected chi connectivity index (χ0v) is 32.8. The Hall–Kier alpha value is -5.76. The van der Waals surface area contributed by atoms with Crippen molar-refractivity contribution in [2.24, 2.45) is 14.1 Å². The van der Waals surface area contributed by atoms with Crippen LogP contribution in [0.1, 0.15) is 33.8 Å². The first-order chi connectivity index (χ1) is 26.2. The van der Waals surface area contributed by atoms with Crippen molar-refractivity contribution in [2.75, 3.05) is 63.5 Å². The minimum Gasteiger partial charge on any atom is -0.477 e. The van der Waals surface area contributed by atoms with E-state index in [1.165, 1.54) is 38.2 Å². The lowest BCUT2D eigenvalue weighted by atomic mass is 10.1. The van der Waals surface area contributed by atoms with Crippen molar-refractivity contribution in [1.82, 2.24) is 19.1 Å². The standard InChI is InChI=1S/C18H18BrN5O4.C17H16BrN5O4/c1-22-8-10(19)7-13(16(22)25)21-18(27)24-11-5-6-23(9-11)14-4-3-12(17(26)28-2)20-15(14)24;1-21-7-9(18)6-12(15(21)24)20-17(27)23-10-4-5-22(8-10)13-3-2-11(16(25)26)19-14(13)23/h3-4,7-8,11H,5-6,9H2,1-2H3,(H,21,27);2-3,6-7,10H,4-5,8H2,1H3,(H,20,27)(H,25,26)/t11-;10-/m00/s1. The number of ether oxygens (including phenoxy) is 1. The van der Waals surface area contributed by atoms with Crippen molar-refractivity contribution >= 4 is 90.2 Å². The molecule has 55 heavy (non-hydrogen) atoms. The lowest BCUT2D eigenvalue weighted by molar-refractivity contribution is 0.0593. The molecule has 286 valence electrons. The number of nitrogens with one attached hydrogen (secondary N) is 2. The van der Waals surface area contributed by atoms with E-state index in [0.717, 1.165) is 31.6 Å². The van der Waals surface area contributed by atoms with Gasteiger partial charge >= 0.3 is 24.0 Å². The number of amides is 4. The second-order valence-electron chi connectivity index (χ2n) is 13.2. The highest BCUT2D eigenvalue weighted by atomic mass is 79.9. The van der Waals surface area contributed by atoms with Crippen molar-refractivity contribution in [3.8, 4) is 0 Å². The van der Waals surface area contributed by atoms with Crippen molar-refractivity contribution in [3.05, 3.63) is 89.8 Å². The lowest BCUT2D eigenvalue weighted by Crippen LogP contribution is -2.49. The maximum Gasteiger partial charge on any atom is 0.356 e. The number of hydrogen-bond donors (Lipinski definition) is 3. The number of rotatable bonds is 4. The molecule has 18 nitrogen and oxygen atoms in total. The maximum absolute atomic E-state index is 13.1. The molecule has 0 radical (unpaired) electrons. The number of urea groups is 2. The first-order valence-electron chi connectivity index (χ1n) is 17.0. The van der Waals surface area contributed by atoms with E-state index in [1.54, 1.807) is 50.8 Å². The molecule has 4 bridgehead atoms. The molecular weight excluding hydrogens is 848 g/mol. The van der Waals surface area contributed by atoms with Crippen LogP contribution in [0.15, 0.2) is 67.3 Å². The fraction of sp³-hybridized carbons (Fsp3) is 0.314. The molecule has 8 heterocycles. The molecule has 8 rings (SSSR count). The van der Waals surface area contributed by atoms with Gasteiger partial charge in [0.05, 0.1) is 30.6 Å². The Morgan fingerprint density at radius 2 is 1.18 bits per heavy atom. The molecular formula is C35H34Br2N10O8. The summed E-state index contributed by atoms with van der Waals surface area (Å²) in [4.78, 5) is 89.8. The highest BCUT2D eigenvalue weighted by Gasteiger charge is 2.42. The number of carboxylic acid groups (broad SMARTS) is 1. The molecule has 20 heteroatoms. The number of carboxylic acids is 1. The van der Waals surface area contributed by atoms with Gasteiger partial charge in [0.15, 0.2) is 23.0 Å². The van der Waals surface area contributed by atoms with E-state index in [4.69, 9.17) is 4.74 Å². The Bertz CT molecular complexity index is 2390. The van der Waals surface area contributed by atoms with Crippen LogP contribution in [-0.2, 0) is 18.8 Å². The number of aryl methyl sites for hydroxylation is 2. The van der Waals surface area contributed by atoms with Crippen LogP contribution in [0.25, 0.3) is 0 Å². The molecule has 0 saturated carbocycles. The van der Waals surface area contributed by atoms with Crippen LogP contribution in [0.4, 0.5) is 44.0 Å². The Labute approximate surface area is 329 Å². The highest BCUT2D eigenvalue weighted by Crippen LogP contribution is 2.40. The molecule has 4 amide bonds. The van der Waals surface area contributed by atoms with Crippen LogP contribution in [0.3, 0.4) is 0 Å². The first kappa shape index (κ1) is 37.6. The molecule has 4 aliphatic rings. The van der Waals surface area contributed by atoms with Gasteiger partial charge < -0.3 is 39.4 Å². The van der Waals surface area contributed by atoms with E-state index in [0.29, 0.717) is 39.4 Å². The van der Waals surface area contributed by atoms with E-state index in [-0.39, 0.29) is 46.0 Å². The van der Waals surface area contributed by atoms with Crippen LogP contribution < -0.4 is 41.4 Å². The van der Waals surface area contributed by atoms with Crippen LogP contribution in [0, 0.1) is 0 Å². The molecule has 2 saturated heterocycles. The number of nitrogens with zero attached hydrogens (tertiary/aromatic N) is 8. The van der Waals surface area contributed by atoms with E-state index < -0.39 is 24.0 Å². The van der Waals surface area contributed by atoms with Gasteiger partial charge in [-0.3, -0.25) is 19.4 Å². The van der Waals surface area contributed by atoms with Crippen molar-refractivity contribution in [3.63, 3.8) is 0 Å². The summed E-state index contributed by atoms with van der Waals surface area (Å²) in [7, 11) is 4.48. The first-order valence-corrected chi connectivity index (χ1v) is 18.6. The third-order valence-corrected chi connectivity index (χ3v) is 10.6. The predicted molar refractivity (Wildman–Crippen MR) is 210 cm³/mol. The molecule has 0 aromatic carbocycles. The van der Waals surface area contributed by atoms with Crippen LogP contribution in [0.2, 0.25) is 0 Å². The lowest BCUT2D eigenvalue weighted by Gasteiger charge is -2.35. The number of fused-ring (bicyclic) bond motifs is 8. The minimum absolute atomic E-state index is 0.0936. The van der Waals surface area contributed by atoms with Crippen LogP contribution >= 0.6 is 31.9 Å². The van der Waals surface area contributed by atoms with Gasteiger partial charge in [-0.05, 0) is 81.1 Å². The molecule has 4 aromatic heterocycles. The van der Waals surface area contributed by atoms with Gasteiger partial charge in [0.1, 0.15) is 11.4 Å². The average Bonchev–Trinajstić information content (AvgIpc) is 3.77. The number of anilines is 6. The second-order valence-corrected chi connectivity index (χ2v) is 15.1. The monoisotopic (exact) mass is 880 g/mol. The molecule has 2 fully saturated rings. The van der Waals surface area contributed by atoms with Gasteiger partial charge in [0.25, 0.3) is 11.1 Å². The number of aromatic carboxylic acids is 1. The summed E-state index contributed by atoms with van der Waals surface area (Å²) in [6.45, 7) is 2.87. The largest absolute Gasteiger partial charge is 0.477 e. The Kier molecular flexibility index (Phi) is 10.1. The molecule has 3 N–H and O–H groups in total. The number of pyridine rings is 4. The summed E-state index contributed by atoms with van der Waals surface area (Å²) >= 11 is 6.64. The van der Waals surface area contributed by atoms with Gasteiger partial charge in [-0.25, -0.2) is 29.1 Å². The molecule has 0 aliphatic carbocycles. The Morgan fingerprint density at radius 1 is 0.745 bits per heavy atom. The minimum atomic E-state index is -1.16. The van der Waals surface area contributed by atoms with Crippen molar-refractivity contribution < 1.29 is 29.0 Å². The fourth-order valence-corrected chi connectivity index (χ4v) is 8.22. The molecule has 2 atom stereocenters. The topological polar surface area (TPSA) is 205 Å². The maximum atomic E-state index is 13.1. The Morgan fingerprint density at radius 3 is 1.62 bits per heavy atom. The zero-order chi connectivity index (χ0) is 39.3.